The second-order valence-electron chi connectivity index (χ2n) is 5.00. The SMILES string of the molecule is CC(C)(C)NCc1nnc(-c2cncc(F)c2)s1. The number of hydrogen-bond acceptors (Lipinski definition) is 5. The Morgan fingerprint density at radius 1 is 1.28 bits per heavy atom. The number of hydrogen-bond donors (Lipinski definition) is 1. The van der Waals surface area contributed by atoms with Crippen LogP contribution in [0.15, 0.2) is 18.5 Å². The van der Waals surface area contributed by atoms with Crippen molar-refractivity contribution in [1.29, 1.82) is 0 Å². The van der Waals surface area contributed by atoms with Crippen molar-refractivity contribution in [2.75, 3.05) is 0 Å². The Kier molecular flexibility index (Phi) is 3.68. The van der Waals surface area contributed by atoms with Crippen LogP contribution < -0.4 is 5.32 Å². The van der Waals surface area contributed by atoms with Gasteiger partial charge in [0, 0.05) is 17.3 Å². The highest BCUT2D eigenvalue weighted by Crippen LogP contribution is 2.23. The third-order valence-corrected chi connectivity index (χ3v) is 3.16. The lowest BCUT2D eigenvalue weighted by atomic mass is 10.1. The zero-order valence-electron chi connectivity index (χ0n) is 10.6. The molecule has 0 bridgehead atoms. The predicted molar refractivity (Wildman–Crippen MR) is 69.7 cm³/mol. The summed E-state index contributed by atoms with van der Waals surface area (Å²) in [6.07, 6.45) is 2.76. The molecule has 2 aromatic heterocycles. The fourth-order valence-electron chi connectivity index (χ4n) is 1.31. The molecule has 2 aromatic rings. The van der Waals surface area contributed by atoms with Crippen LogP contribution in [0.25, 0.3) is 10.6 Å². The maximum Gasteiger partial charge on any atom is 0.149 e. The molecule has 2 rings (SSSR count). The molecule has 4 nitrogen and oxygen atoms in total. The Labute approximate surface area is 109 Å². The van der Waals surface area contributed by atoms with Crippen LogP contribution in [0.1, 0.15) is 25.8 Å². The molecule has 0 atom stereocenters. The van der Waals surface area contributed by atoms with Gasteiger partial charge in [-0.2, -0.15) is 0 Å². The number of nitrogens with zero attached hydrogens (tertiary/aromatic N) is 3. The van der Waals surface area contributed by atoms with Crippen LogP contribution in [0.5, 0.6) is 0 Å². The third-order valence-electron chi connectivity index (χ3n) is 2.19. The average Bonchev–Trinajstić information content (AvgIpc) is 2.74. The molecule has 1 N–H and O–H groups in total. The molecule has 18 heavy (non-hydrogen) atoms. The molecule has 96 valence electrons. The summed E-state index contributed by atoms with van der Waals surface area (Å²) in [5.74, 6) is -0.364. The largest absolute Gasteiger partial charge is 0.306 e. The Hall–Kier alpha value is -1.40. The summed E-state index contributed by atoms with van der Waals surface area (Å²) in [5.41, 5.74) is 0.696. The van der Waals surface area contributed by atoms with Crippen molar-refractivity contribution in [2.45, 2.75) is 32.9 Å². The summed E-state index contributed by atoms with van der Waals surface area (Å²) < 4.78 is 13.0. The van der Waals surface area contributed by atoms with E-state index < -0.39 is 0 Å². The molecule has 0 unspecified atom stereocenters. The molecule has 0 saturated carbocycles. The van der Waals surface area contributed by atoms with Gasteiger partial charge >= 0.3 is 0 Å². The minimum Gasteiger partial charge on any atom is -0.306 e. The van der Waals surface area contributed by atoms with Gasteiger partial charge in [0.15, 0.2) is 0 Å². The molecule has 0 aromatic carbocycles. The van der Waals surface area contributed by atoms with Crippen LogP contribution in [-0.4, -0.2) is 20.7 Å². The predicted octanol–water partition coefficient (Wildman–Crippen LogP) is 2.63. The van der Waals surface area contributed by atoms with Gasteiger partial charge < -0.3 is 5.32 Å². The lowest BCUT2D eigenvalue weighted by molar-refractivity contribution is 0.423. The first-order chi connectivity index (χ1) is 8.44. The molecule has 0 radical (unpaired) electrons. The summed E-state index contributed by atoms with van der Waals surface area (Å²) in [6.45, 7) is 6.92. The van der Waals surface area contributed by atoms with Gasteiger partial charge in [-0.25, -0.2) is 4.39 Å². The Bertz CT molecular complexity index is 533. The summed E-state index contributed by atoms with van der Waals surface area (Å²) >= 11 is 1.44. The lowest BCUT2D eigenvalue weighted by Crippen LogP contribution is -2.35. The lowest BCUT2D eigenvalue weighted by Gasteiger charge is -2.19. The van der Waals surface area contributed by atoms with Crippen molar-refractivity contribution in [2.24, 2.45) is 0 Å². The number of nitrogens with one attached hydrogen (secondary N) is 1. The van der Waals surface area contributed by atoms with Gasteiger partial charge in [0.25, 0.3) is 0 Å². The van der Waals surface area contributed by atoms with Crippen LogP contribution in [0.2, 0.25) is 0 Å². The van der Waals surface area contributed by atoms with E-state index in [0.29, 0.717) is 17.1 Å². The summed E-state index contributed by atoms with van der Waals surface area (Å²) in [4.78, 5) is 3.80. The highest BCUT2D eigenvalue weighted by atomic mass is 32.1. The number of pyridine rings is 1. The van der Waals surface area contributed by atoms with Crippen LogP contribution in [-0.2, 0) is 6.54 Å². The topological polar surface area (TPSA) is 50.7 Å². The second-order valence-corrected chi connectivity index (χ2v) is 6.06. The van der Waals surface area contributed by atoms with E-state index in [0.717, 1.165) is 5.01 Å². The van der Waals surface area contributed by atoms with E-state index in [2.05, 4.69) is 41.3 Å². The zero-order valence-corrected chi connectivity index (χ0v) is 11.4. The number of halogens is 1. The van der Waals surface area contributed by atoms with E-state index >= 15 is 0 Å². The first-order valence-corrected chi connectivity index (χ1v) is 6.44. The van der Waals surface area contributed by atoms with Gasteiger partial charge in [-0.1, -0.05) is 11.3 Å². The van der Waals surface area contributed by atoms with Gasteiger partial charge in [0.2, 0.25) is 0 Å². The van der Waals surface area contributed by atoms with Crippen molar-refractivity contribution in [3.63, 3.8) is 0 Å². The molecule has 0 spiro atoms. The summed E-state index contributed by atoms with van der Waals surface area (Å²) in [5, 5.41) is 13.0. The van der Waals surface area contributed by atoms with E-state index in [9.17, 15) is 4.39 Å². The van der Waals surface area contributed by atoms with Gasteiger partial charge in [-0.05, 0) is 26.8 Å². The van der Waals surface area contributed by atoms with Crippen molar-refractivity contribution >= 4 is 11.3 Å². The molecule has 2 heterocycles. The fourth-order valence-corrected chi connectivity index (χ4v) is 2.07. The van der Waals surface area contributed by atoms with Gasteiger partial charge in [0.05, 0.1) is 12.7 Å². The third kappa shape index (κ3) is 3.54. The Morgan fingerprint density at radius 3 is 2.72 bits per heavy atom. The zero-order chi connectivity index (χ0) is 13.2. The minimum atomic E-state index is -0.364. The highest BCUT2D eigenvalue weighted by molar-refractivity contribution is 7.14. The molecule has 0 fully saturated rings. The molecule has 0 amide bonds. The molecular formula is C12H15FN4S. The quantitative estimate of drug-likeness (QED) is 0.928. The molecule has 0 aliphatic heterocycles. The highest BCUT2D eigenvalue weighted by Gasteiger charge is 2.12. The maximum absolute atomic E-state index is 13.0. The van der Waals surface area contributed by atoms with Crippen molar-refractivity contribution in [3.05, 3.63) is 29.3 Å². The molecule has 0 aliphatic rings. The fraction of sp³-hybridized carbons (Fsp3) is 0.417. The Balaban J connectivity index is 2.11. The first kappa shape index (κ1) is 13.0. The van der Waals surface area contributed by atoms with E-state index in [1.807, 2.05) is 0 Å². The van der Waals surface area contributed by atoms with Crippen LogP contribution in [0.4, 0.5) is 4.39 Å². The molecule has 0 aliphatic carbocycles. The van der Waals surface area contributed by atoms with E-state index in [4.69, 9.17) is 0 Å². The van der Waals surface area contributed by atoms with E-state index in [-0.39, 0.29) is 11.4 Å². The van der Waals surface area contributed by atoms with Crippen LogP contribution in [0, 0.1) is 5.82 Å². The molecule has 6 heteroatoms. The summed E-state index contributed by atoms with van der Waals surface area (Å²) in [6, 6.07) is 1.41. The van der Waals surface area contributed by atoms with E-state index in [1.54, 1.807) is 6.20 Å². The Morgan fingerprint density at radius 2 is 2.06 bits per heavy atom. The van der Waals surface area contributed by atoms with Crippen molar-refractivity contribution in [3.8, 4) is 10.6 Å². The van der Waals surface area contributed by atoms with Gasteiger partial charge in [0.1, 0.15) is 15.8 Å². The normalized spacial score (nSPS) is 11.8. The van der Waals surface area contributed by atoms with Crippen LogP contribution >= 0.6 is 11.3 Å². The smallest absolute Gasteiger partial charge is 0.149 e. The standard InChI is InChI=1S/C12H15FN4S/c1-12(2,3)15-7-10-16-17-11(18-10)8-4-9(13)6-14-5-8/h4-6,15H,7H2,1-3H3. The van der Waals surface area contributed by atoms with E-state index in [1.165, 1.54) is 23.6 Å². The molecule has 0 saturated heterocycles. The number of rotatable bonds is 3. The van der Waals surface area contributed by atoms with Crippen molar-refractivity contribution < 1.29 is 4.39 Å². The number of aromatic nitrogens is 3. The van der Waals surface area contributed by atoms with Gasteiger partial charge in [-0.3, -0.25) is 4.98 Å². The summed E-state index contributed by atoms with van der Waals surface area (Å²) in [7, 11) is 0. The van der Waals surface area contributed by atoms with Crippen LogP contribution in [0.3, 0.4) is 0 Å². The molecular weight excluding hydrogens is 251 g/mol. The van der Waals surface area contributed by atoms with Gasteiger partial charge in [-0.15, -0.1) is 10.2 Å². The second kappa shape index (κ2) is 5.07. The minimum absolute atomic E-state index is 0.0340. The van der Waals surface area contributed by atoms with Crippen molar-refractivity contribution in [1.82, 2.24) is 20.5 Å². The monoisotopic (exact) mass is 266 g/mol. The average molecular weight is 266 g/mol. The maximum atomic E-state index is 13.0. The first-order valence-electron chi connectivity index (χ1n) is 5.62.